The Labute approximate surface area is 157 Å². The van der Waals surface area contributed by atoms with E-state index in [2.05, 4.69) is 10.3 Å². The van der Waals surface area contributed by atoms with E-state index < -0.39 is 10.0 Å². The predicted octanol–water partition coefficient (Wildman–Crippen LogP) is 2.36. The van der Waals surface area contributed by atoms with E-state index in [1.54, 1.807) is 18.5 Å². The molecule has 0 aliphatic carbocycles. The van der Waals surface area contributed by atoms with Crippen molar-refractivity contribution in [1.29, 1.82) is 5.26 Å². The largest absolute Gasteiger partial charge is 0.313 e. The van der Waals surface area contributed by atoms with Crippen molar-refractivity contribution in [2.45, 2.75) is 10.9 Å². The van der Waals surface area contributed by atoms with Crippen LogP contribution in [0.1, 0.15) is 17.2 Å². The minimum Gasteiger partial charge on any atom is -0.313 e. The number of piperazine rings is 1. The molecule has 1 aliphatic heterocycles. The zero-order valence-electron chi connectivity index (χ0n) is 13.1. The molecule has 3 rings (SSSR count). The van der Waals surface area contributed by atoms with Crippen molar-refractivity contribution in [1.82, 2.24) is 14.6 Å². The SMILES string of the molecule is Cl.N#Cc1cc(S(=O)(=O)N2CCNCC2c2cccnc2)ccc1Cl. The van der Waals surface area contributed by atoms with Gasteiger partial charge in [0.15, 0.2) is 0 Å². The number of nitrogens with zero attached hydrogens (tertiary/aromatic N) is 3. The van der Waals surface area contributed by atoms with E-state index in [0.29, 0.717) is 19.6 Å². The minimum absolute atomic E-state index is 0. The van der Waals surface area contributed by atoms with E-state index in [9.17, 15) is 8.42 Å². The molecule has 2 heterocycles. The molecule has 0 saturated carbocycles. The Kier molecular flexibility index (Phi) is 6.38. The van der Waals surface area contributed by atoms with E-state index in [4.69, 9.17) is 16.9 Å². The third-order valence-electron chi connectivity index (χ3n) is 3.93. The van der Waals surface area contributed by atoms with Gasteiger partial charge in [0, 0.05) is 32.0 Å². The Morgan fingerprint density at radius 3 is 2.84 bits per heavy atom. The topological polar surface area (TPSA) is 86.1 Å². The van der Waals surface area contributed by atoms with Crippen molar-refractivity contribution in [3.05, 3.63) is 58.9 Å². The van der Waals surface area contributed by atoms with Gasteiger partial charge in [-0.3, -0.25) is 4.98 Å². The van der Waals surface area contributed by atoms with Crippen molar-refractivity contribution in [2.75, 3.05) is 19.6 Å². The van der Waals surface area contributed by atoms with Gasteiger partial charge < -0.3 is 5.32 Å². The summed E-state index contributed by atoms with van der Waals surface area (Å²) in [5.74, 6) is 0. The molecule has 0 radical (unpaired) electrons. The Bertz CT molecular complexity index is 885. The summed E-state index contributed by atoms with van der Waals surface area (Å²) in [6, 6.07) is 9.40. The maximum Gasteiger partial charge on any atom is 0.243 e. The monoisotopic (exact) mass is 398 g/mol. The second-order valence-corrected chi connectivity index (χ2v) is 7.67. The van der Waals surface area contributed by atoms with Crippen LogP contribution in [0.15, 0.2) is 47.6 Å². The zero-order valence-corrected chi connectivity index (χ0v) is 15.5. The van der Waals surface area contributed by atoms with Crippen molar-refractivity contribution < 1.29 is 8.42 Å². The Balaban J connectivity index is 0.00000225. The van der Waals surface area contributed by atoms with Gasteiger partial charge in [-0.25, -0.2) is 8.42 Å². The molecular weight excluding hydrogens is 383 g/mol. The van der Waals surface area contributed by atoms with E-state index in [1.807, 2.05) is 12.1 Å². The van der Waals surface area contributed by atoms with E-state index in [-0.39, 0.29) is 33.9 Å². The average molecular weight is 399 g/mol. The molecule has 1 fully saturated rings. The number of sulfonamides is 1. The number of rotatable bonds is 3. The molecule has 0 spiro atoms. The zero-order chi connectivity index (χ0) is 17.2. The standard InChI is InChI=1S/C16H15ClN4O2S.ClH/c17-15-4-3-14(8-13(15)9-18)24(22,23)21-7-6-20-11-16(21)12-2-1-5-19-10-12;/h1-5,8,10,16,20H,6-7,11H2;1H. The molecule has 6 nitrogen and oxygen atoms in total. The summed E-state index contributed by atoms with van der Waals surface area (Å²) < 4.78 is 27.6. The highest BCUT2D eigenvalue weighted by Gasteiger charge is 2.34. The highest BCUT2D eigenvalue weighted by Crippen LogP contribution is 2.30. The van der Waals surface area contributed by atoms with Gasteiger partial charge >= 0.3 is 0 Å². The van der Waals surface area contributed by atoms with Crippen LogP contribution in [0, 0.1) is 11.3 Å². The number of halogens is 2. The van der Waals surface area contributed by atoms with Crippen LogP contribution in [0.3, 0.4) is 0 Å². The first-order valence-electron chi connectivity index (χ1n) is 7.36. The first-order valence-corrected chi connectivity index (χ1v) is 9.18. The first-order chi connectivity index (χ1) is 11.5. The van der Waals surface area contributed by atoms with Crippen molar-refractivity contribution in [3.63, 3.8) is 0 Å². The lowest BCUT2D eigenvalue weighted by Gasteiger charge is -2.35. The van der Waals surface area contributed by atoms with Crippen LogP contribution in [0.5, 0.6) is 0 Å². The molecular formula is C16H16Cl2N4O2S. The molecule has 1 aromatic carbocycles. The number of aromatic nitrogens is 1. The molecule has 9 heteroatoms. The van der Waals surface area contributed by atoms with Crippen molar-refractivity contribution >= 4 is 34.0 Å². The summed E-state index contributed by atoms with van der Waals surface area (Å²) in [6.07, 6.45) is 3.32. The Morgan fingerprint density at radius 2 is 2.16 bits per heavy atom. The van der Waals surface area contributed by atoms with Crippen molar-refractivity contribution in [2.24, 2.45) is 0 Å². The molecule has 1 aromatic heterocycles. The lowest BCUT2D eigenvalue weighted by atomic mass is 10.1. The minimum atomic E-state index is -3.75. The molecule has 1 saturated heterocycles. The first kappa shape index (κ1) is 19.6. The average Bonchev–Trinajstić information content (AvgIpc) is 2.62. The van der Waals surface area contributed by atoms with Gasteiger partial charge in [0.1, 0.15) is 6.07 Å². The summed E-state index contributed by atoms with van der Waals surface area (Å²) in [4.78, 5) is 4.15. The molecule has 1 atom stereocenters. The van der Waals surface area contributed by atoms with Crippen LogP contribution in [-0.4, -0.2) is 37.3 Å². The summed E-state index contributed by atoms with van der Waals surface area (Å²) in [5, 5.41) is 12.5. The quantitative estimate of drug-likeness (QED) is 0.857. The highest BCUT2D eigenvalue weighted by molar-refractivity contribution is 7.89. The third kappa shape index (κ3) is 3.94. The molecule has 1 unspecified atom stereocenters. The van der Waals surface area contributed by atoms with Gasteiger partial charge in [-0.2, -0.15) is 9.57 Å². The third-order valence-corrected chi connectivity index (χ3v) is 6.16. The van der Waals surface area contributed by atoms with Gasteiger partial charge in [0.25, 0.3) is 0 Å². The summed E-state index contributed by atoms with van der Waals surface area (Å²) >= 11 is 5.91. The fraction of sp³-hybridized carbons (Fsp3) is 0.250. The van der Waals surface area contributed by atoms with Crippen LogP contribution in [0.25, 0.3) is 0 Å². The highest BCUT2D eigenvalue weighted by atomic mass is 35.5. The maximum absolute atomic E-state index is 13.1. The Morgan fingerprint density at radius 1 is 1.36 bits per heavy atom. The molecule has 25 heavy (non-hydrogen) atoms. The van der Waals surface area contributed by atoms with Gasteiger partial charge in [-0.15, -0.1) is 12.4 Å². The van der Waals surface area contributed by atoms with Crippen LogP contribution >= 0.6 is 24.0 Å². The lowest BCUT2D eigenvalue weighted by Crippen LogP contribution is -2.48. The molecule has 1 aliphatic rings. The normalized spacial score (nSPS) is 18.2. The fourth-order valence-corrected chi connectivity index (χ4v) is 4.52. The number of hydrogen-bond acceptors (Lipinski definition) is 5. The van der Waals surface area contributed by atoms with Gasteiger partial charge in [0.2, 0.25) is 10.0 Å². The molecule has 0 amide bonds. The number of hydrogen-bond donors (Lipinski definition) is 1. The second-order valence-electron chi connectivity index (χ2n) is 5.38. The van der Waals surface area contributed by atoms with E-state index >= 15 is 0 Å². The number of nitriles is 1. The molecule has 1 N–H and O–H groups in total. The van der Waals surface area contributed by atoms with Crippen LogP contribution in [0.4, 0.5) is 0 Å². The smallest absolute Gasteiger partial charge is 0.243 e. The summed E-state index contributed by atoms with van der Waals surface area (Å²) in [5.41, 5.74) is 0.966. The number of benzene rings is 1. The summed E-state index contributed by atoms with van der Waals surface area (Å²) in [7, 11) is -3.75. The van der Waals surface area contributed by atoms with E-state index in [1.165, 1.54) is 22.5 Å². The van der Waals surface area contributed by atoms with Gasteiger partial charge in [0.05, 0.1) is 21.5 Å². The number of pyridine rings is 1. The van der Waals surface area contributed by atoms with Crippen LogP contribution in [0.2, 0.25) is 5.02 Å². The Hall–Kier alpha value is -1.69. The number of nitrogens with one attached hydrogen (secondary N) is 1. The van der Waals surface area contributed by atoms with Crippen LogP contribution in [-0.2, 0) is 10.0 Å². The second kappa shape index (κ2) is 8.13. The lowest BCUT2D eigenvalue weighted by molar-refractivity contribution is 0.271. The van der Waals surface area contributed by atoms with E-state index in [0.717, 1.165) is 5.56 Å². The van der Waals surface area contributed by atoms with Crippen LogP contribution < -0.4 is 5.32 Å². The van der Waals surface area contributed by atoms with Crippen molar-refractivity contribution in [3.8, 4) is 6.07 Å². The maximum atomic E-state index is 13.1. The molecule has 0 bridgehead atoms. The van der Waals surface area contributed by atoms with Gasteiger partial charge in [-0.05, 0) is 29.8 Å². The molecule has 2 aromatic rings. The predicted molar refractivity (Wildman–Crippen MR) is 97.2 cm³/mol. The van der Waals surface area contributed by atoms with Gasteiger partial charge in [-0.1, -0.05) is 17.7 Å². The summed E-state index contributed by atoms with van der Waals surface area (Å²) in [6.45, 7) is 1.41. The molecule has 132 valence electrons. The fourth-order valence-electron chi connectivity index (χ4n) is 2.72.